The van der Waals surface area contributed by atoms with Crippen molar-refractivity contribution in [3.05, 3.63) is 22.4 Å². The molecule has 17 heavy (non-hydrogen) atoms. The molecule has 2 unspecified atom stereocenters. The van der Waals surface area contributed by atoms with Crippen molar-refractivity contribution >= 4 is 11.3 Å². The first kappa shape index (κ1) is 14.7. The molecule has 1 N–H and O–H groups in total. The molecule has 0 fully saturated rings. The molecule has 0 spiro atoms. The molecule has 2 atom stereocenters. The van der Waals surface area contributed by atoms with Crippen LogP contribution in [0.5, 0.6) is 0 Å². The van der Waals surface area contributed by atoms with Crippen LogP contribution in [-0.2, 0) is 6.42 Å². The van der Waals surface area contributed by atoms with Crippen molar-refractivity contribution < 1.29 is 0 Å². The molecule has 0 aliphatic heterocycles. The second kappa shape index (κ2) is 7.14. The van der Waals surface area contributed by atoms with Crippen molar-refractivity contribution in [2.75, 3.05) is 13.6 Å². The Morgan fingerprint density at radius 2 is 1.94 bits per heavy atom. The van der Waals surface area contributed by atoms with Crippen LogP contribution in [0.2, 0.25) is 0 Å². The molecule has 0 bridgehead atoms. The highest BCUT2D eigenvalue weighted by Crippen LogP contribution is 2.14. The van der Waals surface area contributed by atoms with Crippen LogP contribution in [0.1, 0.15) is 32.6 Å². The standard InChI is InChI=1S/C14H26N2S/c1-11(2)15-10-13(4)16(5)12(3)9-14-7-6-8-17-14/h6-8,11-13,15H,9-10H2,1-5H3. The number of nitrogens with zero attached hydrogens (tertiary/aromatic N) is 1. The Morgan fingerprint density at radius 1 is 1.24 bits per heavy atom. The summed E-state index contributed by atoms with van der Waals surface area (Å²) >= 11 is 1.86. The molecule has 0 aromatic carbocycles. The van der Waals surface area contributed by atoms with Crippen LogP contribution in [0.15, 0.2) is 17.5 Å². The van der Waals surface area contributed by atoms with Gasteiger partial charge in [-0.05, 0) is 38.8 Å². The third kappa shape index (κ3) is 5.19. The van der Waals surface area contributed by atoms with Gasteiger partial charge >= 0.3 is 0 Å². The summed E-state index contributed by atoms with van der Waals surface area (Å²) in [6.07, 6.45) is 1.15. The minimum Gasteiger partial charge on any atom is -0.313 e. The fourth-order valence-corrected chi connectivity index (χ4v) is 2.68. The average Bonchev–Trinajstić information content (AvgIpc) is 2.77. The monoisotopic (exact) mass is 254 g/mol. The summed E-state index contributed by atoms with van der Waals surface area (Å²) in [5.74, 6) is 0. The zero-order chi connectivity index (χ0) is 12.8. The highest BCUT2D eigenvalue weighted by Gasteiger charge is 2.16. The van der Waals surface area contributed by atoms with E-state index in [1.54, 1.807) is 0 Å². The lowest BCUT2D eigenvalue weighted by Crippen LogP contribution is -2.44. The first-order valence-electron chi connectivity index (χ1n) is 6.48. The SMILES string of the molecule is CC(C)NCC(C)N(C)C(C)Cc1cccs1. The van der Waals surface area contributed by atoms with Crippen LogP contribution >= 0.6 is 11.3 Å². The van der Waals surface area contributed by atoms with Gasteiger partial charge in [-0.15, -0.1) is 11.3 Å². The molecule has 0 saturated heterocycles. The van der Waals surface area contributed by atoms with Crippen LogP contribution in [0, 0.1) is 0 Å². The number of rotatable bonds is 7. The van der Waals surface area contributed by atoms with Gasteiger partial charge in [0.15, 0.2) is 0 Å². The normalized spacial score (nSPS) is 15.5. The van der Waals surface area contributed by atoms with Crippen molar-refractivity contribution in [1.82, 2.24) is 10.2 Å². The molecule has 1 rings (SSSR count). The maximum atomic E-state index is 3.50. The largest absolute Gasteiger partial charge is 0.313 e. The molecule has 2 nitrogen and oxygen atoms in total. The van der Waals surface area contributed by atoms with Gasteiger partial charge in [0.25, 0.3) is 0 Å². The van der Waals surface area contributed by atoms with E-state index in [0.717, 1.165) is 13.0 Å². The highest BCUT2D eigenvalue weighted by molar-refractivity contribution is 7.09. The van der Waals surface area contributed by atoms with Crippen LogP contribution < -0.4 is 5.32 Å². The van der Waals surface area contributed by atoms with Crippen LogP contribution in [0.4, 0.5) is 0 Å². The van der Waals surface area contributed by atoms with Crippen LogP contribution in [-0.4, -0.2) is 36.6 Å². The van der Waals surface area contributed by atoms with Crippen molar-refractivity contribution in [2.45, 2.75) is 52.2 Å². The molecule has 3 heteroatoms. The maximum absolute atomic E-state index is 3.50. The van der Waals surface area contributed by atoms with Crippen molar-refractivity contribution in [2.24, 2.45) is 0 Å². The van der Waals surface area contributed by atoms with Crippen molar-refractivity contribution in [1.29, 1.82) is 0 Å². The summed E-state index contributed by atoms with van der Waals surface area (Å²) in [6.45, 7) is 10.1. The lowest BCUT2D eigenvalue weighted by atomic mass is 10.1. The Bertz CT molecular complexity index is 295. The van der Waals surface area contributed by atoms with Gasteiger partial charge in [-0.25, -0.2) is 0 Å². The molecule has 98 valence electrons. The summed E-state index contributed by atoms with van der Waals surface area (Å²) in [5, 5.41) is 5.66. The zero-order valence-corrected chi connectivity index (χ0v) is 12.6. The Hall–Kier alpha value is -0.380. The van der Waals surface area contributed by atoms with E-state index in [-0.39, 0.29) is 0 Å². The summed E-state index contributed by atoms with van der Waals surface area (Å²) in [5.41, 5.74) is 0. The number of likely N-dealkylation sites (N-methyl/N-ethyl adjacent to an activating group) is 1. The molecule has 1 aromatic heterocycles. The van der Waals surface area contributed by atoms with E-state index >= 15 is 0 Å². The second-order valence-electron chi connectivity index (χ2n) is 5.21. The number of hydrogen-bond donors (Lipinski definition) is 1. The van der Waals surface area contributed by atoms with Crippen molar-refractivity contribution in [3.8, 4) is 0 Å². The predicted octanol–water partition coefficient (Wildman–Crippen LogP) is 3.00. The molecule has 1 aromatic rings. The van der Waals surface area contributed by atoms with Gasteiger partial charge in [-0.1, -0.05) is 19.9 Å². The van der Waals surface area contributed by atoms with E-state index in [2.05, 4.69) is 62.5 Å². The Morgan fingerprint density at radius 3 is 2.47 bits per heavy atom. The van der Waals surface area contributed by atoms with Crippen LogP contribution in [0.3, 0.4) is 0 Å². The first-order chi connectivity index (χ1) is 8.00. The van der Waals surface area contributed by atoms with E-state index < -0.39 is 0 Å². The summed E-state index contributed by atoms with van der Waals surface area (Å²) < 4.78 is 0. The predicted molar refractivity (Wildman–Crippen MR) is 77.8 cm³/mol. The molecule has 0 aliphatic carbocycles. The molecule has 0 radical (unpaired) electrons. The fraction of sp³-hybridized carbons (Fsp3) is 0.714. The van der Waals surface area contributed by atoms with E-state index in [9.17, 15) is 0 Å². The Kier molecular flexibility index (Phi) is 6.17. The topological polar surface area (TPSA) is 15.3 Å². The fourth-order valence-electron chi connectivity index (χ4n) is 1.85. The van der Waals surface area contributed by atoms with Gasteiger partial charge in [0, 0.05) is 29.5 Å². The lowest BCUT2D eigenvalue weighted by Gasteiger charge is -2.31. The minimum absolute atomic E-state index is 0.568. The second-order valence-corrected chi connectivity index (χ2v) is 6.24. The highest BCUT2D eigenvalue weighted by atomic mass is 32.1. The molecule has 0 aliphatic rings. The summed E-state index contributed by atoms with van der Waals surface area (Å²) in [4.78, 5) is 3.95. The zero-order valence-electron chi connectivity index (χ0n) is 11.7. The lowest BCUT2D eigenvalue weighted by molar-refractivity contribution is 0.189. The molecule has 0 saturated carbocycles. The van der Waals surface area contributed by atoms with Crippen molar-refractivity contribution in [3.63, 3.8) is 0 Å². The van der Waals surface area contributed by atoms with Gasteiger partial charge in [0.2, 0.25) is 0 Å². The first-order valence-corrected chi connectivity index (χ1v) is 7.36. The third-order valence-electron chi connectivity index (χ3n) is 3.29. The Labute approximate surface area is 110 Å². The summed E-state index contributed by atoms with van der Waals surface area (Å²) in [6, 6.07) is 6.10. The quantitative estimate of drug-likeness (QED) is 0.805. The molecule has 0 amide bonds. The minimum atomic E-state index is 0.568. The van der Waals surface area contributed by atoms with Gasteiger partial charge in [-0.3, -0.25) is 4.90 Å². The van der Waals surface area contributed by atoms with E-state index in [1.807, 2.05) is 11.3 Å². The molecular weight excluding hydrogens is 228 g/mol. The number of hydrogen-bond acceptors (Lipinski definition) is 3. The van der Waals surface area contributed by atoms with Gasteiger partial charge in [0.05, 0.1) is 0 Å². The average molecular weight is 254 g/mol. The third-order valence-corrected chi connectivity index (χ3v) is 4.19. The molecular formula is C14H26N2S. The van der Waals surface area contributed by atoms with E-state index in [0.29, 0.717) is 18.1 Å². The number of thiophene rings is 1. The maximum Gasteiger partial charge on any atom is 0.0192 e. The van der Waals surface area contributed by atoms with Gasteiger partial charge in [0.1, 0.15) is 0 Å². The van der Waals surface area contributed by atoms with Gasteiger partial charge in [-0.2, -0.15) is 0 Å². The smallest absolute Gasteiger partial charge is 0.0192 e. The summed E-state index contributed by atoms with van der Waals surface area (Å²) in [7, 11) is 2.23. The van der Waals surface area contributed by atoms with Gasteiger partial charge < -0.3 is 5.32 Å². The molecule has 1 heterocycles. The van der Waals surface area contributed by atoms with E-state index in [1.165, 1.54) is 4.88 Å². The Balaban J connectivity index is 2.37. The van der Waals surface area contributed by atoms with E-state index in [4.69, 9.17) is 0 Å². The number of nitrogens with one attached hydrogen (secondary N) is 1. The van der Waals surface area contributed by atoms with Crippen LogP contribution in [0.25, 0.3) is 0 Å².